The van der Waals surface area contributed by atoms with Crippen molar-refractivity contribution in [2.75, 3.05) is 27.9 Å². The summed E-state index contributed by atoms with van der Waals surface area (Å²) in [6.07, 6.45) is 13.9. The Labute approximate surface area is 325 Å². The third-order valence-electron chi connectivity index (χ3n) is 12.1. The molecule has 2 rings (SSSR count). The van der Waals surface area contributed by atoms with Gasteiger partial charge in [-0.1, -0.05) is 64.7 Å². The number of piperidine rings is 1. The highest BCUT2D eigenvalue weighted by atomic mass is 16.5. The van der Waals surface area contributed by atoms with Crippen molar-refractivity contribution in [2.24, 2.45) is 29.6 Å². The van der Waals surface area contributed by atoms with Gasteiger partial charge in [-0.2, -0.15) is 0 Å². The molecule has 0 spiro atoms. The Morgan fingerprint density at radius 3 is 2.26 bits per heavy atom. The Balaban J connectivity index is 1.88. The van der Waals surface area contributed by atoms with Crippen LogP contribution in [0.4, 0.5) is 0 Å². The van der Waals surface area contributed by atoms with Gasteiger partial charge in [-0.3, -0.25) is 14.4 Å². The van der Waals surface area contributed by atoms with Crippen LogP contribution in [0.2, 0.25) is 0 Å². The van der Waals surface area contributed by atoms with Gasteiger partial charge in [-0.05, 0) is 95.5 Å². The number of aliphatic hydroxyl groups excluding tert-OH is 1. The minimum Gasteiger partial charge on any atom is -0.392 e. The van der Waals surface area contributed by atoms with Crippen LogP contribution in [0.5, 0.6) is 0 Å². The molecular weight excluding hydrogens is 690 g/mol. The number of methoxy groups -OCH3 is 3. The predicted octanol–water partition coefficient (Wildman–Crippen LogP) is 6.15. The van der Waals surface area contributed by atoms with Crippen molar-refractivity contribution in [2.45, 2.75) is 168 Å². The molecule has 11 heteroatoms. The van der Waals surface area contributed by atoms with E-state index in [0.717, 1.165) is 67.4 Å². The van der Waals surface area contributed by atoms with Crippen molar-refractivity contribution < 1.29 is 48.7 Å². The molecule has 1 heterocycles. The lowest BCUT2D eigenvalue weighted by atomic mass is 9.82. The number of carbonyl (C=O) groups is 4. The lowest BCUT2D eigenvalue weighted by molar-refractivity contribution is -0.207. The van der Waals surface area contributed by atoms with Crippen LogP contribution in [0, 0.1) is 29.6 Å². The zero-order valence-corrected chi connectivity index (χ0v) is 34.8. The van der Waals surface area contributed by atoms with Crippen LogP contribution in [0.1, 0.15) is 131 Å². The van der Waals surface area contributed by atoms with Gasteiger partial charge >= 0.3 is 0 Å². The van der Waals surface area contributed by atoms with Gasteiger partial charge in [0.05, 0.1) is 30.5 Å². The van der Waals surface area contributed by atoms with E-state index in [0.29, 0.717) is 43.8 Å². The first-order valence-corrected chi connectivity index (χ1v) is 20.4. The first-order valence-electron chi connectivity index (χ1n) is 20.4. The molecule has 0 aromatic carbocycles. The number of Topliss-reactive ketones (excluding diaryl/α,β-unsaturated/α-hetero) is 2. The predicted molar refractivity (Wildman–Crippen MR) is 209 cm³/mol. The standard InChI is InChI=1S/C43H73NO10/c1-10-34(39(47)26-38(46)32(6)40(54-9)30(4)23-33-16-14-19-37(25-33)53-8)22-29(3)21-28(2)15-13-18-36(52-7)24-31(5)43(50,51)41(48)42(49)44-20-12-11-17-35(44)27-45/h22-23,27-28,31-38,40,46,50-51H,10-21,24-26H2,1-9H3/b29-22-,30-23+/t28-,31-,32-,33+,34?,35+,36-,37+,38+,40?/m1/s1. The Kier molecular flexibility index (Phi) is 21.0. The van der Waals surface area contributed by atoms with Gasteiger partial charge in [0.25, 0.3) is 11.7 Å². The Morgan fingerprint density at radius 2 is 1.65 bits per heavy atom. The molecule has 11 nitrogen and oxygen atoms in total. The highest BCUT2D eigenvalue weighted by molar-refractivity contribution is 6.39. The number of aliphatic hydroxyl groups is 3. The molecule has 1 saturated carbocycles. The lowest BCUT2D eigenvalue weighted by Crippen LogP contribution is -2.56. The smallest absolute Gasteiger partial charge is 0.296 e. The van der Waals surface area contributed by atoms with E-state index in [9.17, 15) is 34.5 Å². The number of allylic oxidation sites excluding steroid dienone is 3. The molecule has 0 aromatic rings. The monoisotopic (exact) mass is 764 g/mol. The summed E-state index contributed by atoms with van der Waals surface area (Å²) in [6.45, 7) is 11.9. The molecule has 3 N–H and O–H groups in total. The molecule has 54 heavy (non-hydrogen) atoms. The van der Waals surface area contributed by atoms with Crippen molar-refractivity contribution in [3.63, 3.8) is 0 Å². The third-order valence-corrected chi connectivity index (χ3v) is 12.1. The Morgan fingerprint density at radius 1 is 0.944 bits per heavy atom. The van der Waals surface area contributed by atoms with E-state index >= 15 is 0 Å². The summed E-state index contributed by atoms with van der Waals surface area (Å²) in [4.78, 5) is 51.8. The van der Waals surface area contributed by atoms with Gasteiger partial charge in [-0.15, -0.1) is 0 Å². The summed E-state index contributed by atoms with van der Waals surface area (Å²) in [7, 11) is 4.97. The zero-order chi connectivity index (χ0) is 40.6. The van der Waals surface area contributed by atoms with Crippen LogP contribution in [0.15, 0.2) is 23.3 Å². The number of aldehydes is 1. The molecule has 10 atom stereocenters. The molecule has 1 amide bonds. The third kappa shape index (κ3) is 14.3. The zero-order valence-electron chi connectivity index (χ0n) is 34.8. The second-order valence-electron chi connectivity index (χ2n) is 16.5. The second kappa shape index (κ2) is 23.7. The average molecular weight is 764 g/mol. The Hall–Kier alpha value is -2.28. The summed E-state index contributed by atoms with van der Waals surface area (Å²) in [5.74, 6) is -5.97. The largest absolute Gasteiger partial charge is 0.392 e. The van der Waals surface area contributed by atoms with Crippen molar-refractivity contribution in [3.8, 4) is 0 Å². The van der Waals surface area contributed by atoms with Gasteiger partial charge < -0.3 is 39.2 Å². The summed E-state index contributed by atoms with van der Waals surface area (Å²) in [5.41, 5.74) is 2.21. The average Bonchev–Trinajstić information content (AvgIpc) is 3.15. The highest BCUT2D eigenvalue weighted by Crippen LogP contribution is 2.31. The molecule has 2 unspecified atom stereocenters. The van der Waals surface area contributed by atoms with E-state index in [1.54, 1.807) is 21.3 Å². The summed E-state index contributed by atoms with van der Waals surface area (Å²) in [6, 6.07) is -0.730. The van der Waals surface area contributed by atoms with Crippen LogP contribution in [0.3, 0.4) is 0 Å². The van der Waals surface area contributed by atoms with Crippen molar-refractivity contribution in [3.05, 3.63) is 23.3 Å². The molecule has 310 valence electrons. The van der Waals surface area contributed by atoms with E-state index < -0.39 is 35.5 Å². The quantitative estimate of drug-likeness (QED) is 0.0451. The number of ketones is 2. The minimum atomic E-state index is -2.87. The Bertz CT molecular complexity index is 1250. The first kappa shape index (κ1) is 47.9. The number of nitrogens with zero attached hydrogens (tertiary/aromatic N) is 1. The fourth-order valence-corrected chi connectivity index (χ4v) is 8.52. The van der Waals surface area contributed by atoms with Gasteiger partial charge in [0.2, 0.25) is 5.79 Å². The maximum absolute atomic E-state index is 13.4. The minimum absolute atomic E-state index is 0.0242. The van der Waals surface area contributed by atoms with E-state index in [-0.39, 0.29) is 55.3 Å². The highest BCUT2D eigenvalue weighted by Gasteiger charge is 2.46. The molecule has 2 aliphatic rings. The molecule has 1 aliphatic carbocycles. The molecule has 0 bridgehead atoms. The fourth-order valence-electron chi connectivity index (χ4n) is 8.52. The number of rotatable bonds is 24. The van der Waals surface area contributed by atoms with Crippen LogP contribution < -0.4 is 0 Å². The fraction of sp³-hybridized carbons (Fsp3) is 0.814. The normalized spacial score (nSPS) is 24.2. The van der Waals surface area contributed by atoms with E-state index in [1.165, 1.54) is 6.92 Å². The van der Waals surface area contributed by atoms with Gasteiger partial charge in [0.15, 0.2) is 0 Å². The number of likely N-dealkylation sites (tertiary alicyclic amines) is 1. The van der Waals surface area contributed by atoms with Gasteiger partial charge in [0, 0.05) is 52.0 Å². The topological polar surface area (TPSA) is 160 Å². The summed E-state index contributed by atoms with van der Waals surface area (Å²) < 4.78 is 17.1. The van der Waals surface area contributed by atoms with E-state index in [4.69, 9.17) is 14.2 Å². The maximum Gasteiger partial charge on any atom is 0.296 e. The molecular formula is C43H73NO10. The number of carbonyl (C=O) groups excluding carboxylic acids is 4. The number of hydrogen-bond donors (Lipinski definition) is 3. The van der Waals surface area contributed by atoms with Crippen LogP contribution in [-0.4, -0.2) is 108 Å². The number of hydrogen-bond acceptors (Lipinski definition) is 10. The first-order chi connectivity index (χ1) is 25.5. The second-order valence-corrected chi connectivity index (χ2v) is 16.5. The molecule has 2 fully saturated rings. The van der Waals surface area contributed by atoms with Crippen LogP contribution in [-0.2, 0) is 33.4 Å². The maximum atomic E-state index is 13.4. The van der Waals surface area contributed by atoms with Crippen molar-refractivity contribution in [1.29, 1.82) is 0 Å². The SMILES string of the molecule is CCC(/C=C(/C)C[C@H](C)CCC[C@H](C[C@@H](C)C(O)(O)C(=O)C(=O)N1CCCC[C@H]1C=O)OC)C(=O)C[C@H](O)[C@@H](C)C(OC)/C(C)=C/[C@@H]1CCC[C@H](OC)C1. The van der Waals surface area contributed by atoms with E-state index in [1.807, 2.05) is 26.8 Å². The summed E-state index contributed by atoms with van der Waals surface area (Å²) in [5, 5.41) is 32.7. The summed E-state index contributed by atoms with van der Waals surface area (Å²) >= 11 is 0. The molecule has 1 saturated heterocycles. The van der Waals surface area contributed by atoms with Crippen molar-refractivity contribution in [1.82, 2.24) is 4.90 Å². The molecule has 0 radical (unpaired) electrons. The van der Waals surface area contributed by atoms with E-state index in [2.05, 4.69) is 19.9 Å². The van der Waals surface area contributed by atoms with Gasteiger partial charge in [0.1, 0.15) is 12.1 Å². The number of amides is 1. The van der Waals surface area contributed by atoms with Gasteiger partial charge in [-0.25, -0.2) is 0 Å². The molecule has 1 aliphatic heterocycles. The lowest BCUT2D eigenvalue weighted by Gasteiger charge is -2.35. The van der Waals surface area contributed by atoms with Crippen LogP contribution in [0.25, 0.3) is 0 Å². The van der Waals surface area contributed by atoms with Crippen molar-refractivity contribution >= 4 is 23.8 Å². The number of ether oxygens (including phenoxy) is 3. The van der Waals surface area contributed by atoms with Crippen LogP contribution >= 0.6 is 0 Å². The molecule has 0 aromatic heterocycles.